The van der Waals surface area contributed by atoms with Crippen LogP contribution in [-0.2, 0) is 15.7 Å². The van der Waals surface area contributed by atoms with E-state index in [0.29, 0.717) is 23.9 Å². The molecule has 156 valence electrons. The molecule has 0 amide bonds. The standard InChI is InChI=1S/C20H14F4N2O4/c1-29-18(27)15-16(13-10-11(20(22,23)24)8-9-14(13)21)25-26(17(15)19(28)30-2)12-6-4-3-5-7-12/h3-10H,1-2H3. The smallest absolute Gasteiger partial charge is 0.416 e. The highest BCUT2D eigenvalue weighted by atomic mass is 19.4. The number of nitrogens with zero attached hydrogens (tertiary/aromatic N) is 2. The van der Waals surface area contributed by atoms with Crippen LogP contribution in [-0.4, -0.2) is 35.9 Å². The lowest BCUT2D eigenvalue weighted by molar-refractivity contribution is -0.137. The Kier molecular flexibility index (Phi) is 5.59. The predicted octanol–water partition coefficient (Wildman–Crippen LogP) is 4.27. The maximum Gasteiger partial charge on any atom is 0.416 e. The van der Waals surface area contributed by atoms with Crippen LogP contribution >= 0.6 is 0 Å². The highest BCUT2D eigenvalue weighted by molar-refractivity contribution is 6.06. The number of benzene rings is 2. The molecule has 0 saturated carbocycles. The monoisotopic (exact) mass is 422 g/mol. The van der Waals surface area contributed by atoms with Gasteiger partial charge >= 0.3 is 18.1 Å². The number of halogens is 4. The van der Waals surface area contributed by atoms with Crippen molar-refractivity contribution in [3.05, 3.63) is 71.2 Å². The molecule has 30 heavy (non-hydrogen) atoms. The van der Waals surface area contributed by atoms with Crippen molar-refractivity contribution in [1.82, 2.24) is 9.78 Å². The van der Waals surface area contributed by atoms with Gasteiger partial charge in [-0.2, -0.15) is 18.3 Å². The Morgan fingerprint density at radius 3 is 2.17 bits per heavy atom. The zero-order chi connectivity index (χ0) is 22.1. The highest BCUT2D eigenvalue weighted by Crippen LogP contribution is 2.36. The maximum atomic E-state index is 14.5. The summed E-state index contributed by atoms with van der Waals surface area (Å²) in [5.74, 6) is -3.17. The molecule has 1 aromatic heterocycles. The van der Waals surface area contributed by atoms with Crippen molar-refractivity contribution in [2.45, 2.75) is 6.18 Å². The molecule has 3 rings (SSSR count). The lowest BCUT2D eigenvalue weighted by Gasteiger charge is -2.09. The van der Waals surface area contributed by atoms with Crippen LogP contribution in [0, 0.1) is 5.82 Å². The maximum absolute atomic E-state index is 14.5. The van der Waals surface area contributed by atoms with E-state index >= 15 is 0 Å². The van der Waals surface area contributed by atoms with Crippen LogP contribution in [0.3, 0.4) is 0 Å². The molecule has 0 fully saturated rings. The first-order chi connectivity index (χ1) is 14.2. The fourth-order valence-corrected chi connectivity index (χ4v) is 2.83. The second-order valence-electron chi connectivity index (χ2n) is 6.00. The molecule has 0 aliphatic carbocycles. The number of rotatable bonds is 4. The Morgan fingerprint density at radius 1 is 0.967 bits per heavy atom. The van der Waals surface area contributed by atoms with Crippen molar-refractivity contribution in [2.75, 3.05) is 14.2 Å². The summed E-state index contributed by atoms with van der Waals surface area (Å²) in [5.41, 5.74) is -2.90. The molecule has 1 heterocycles. The molecule has 0 atom stereocenters. The van der Waals surface area contributed by atoms with Gasteiger partial charge in [0.25, 0.3) is 0 Å². The molecule has 0 N–H and O–H groups in total. The lowest BCUT2D eigenvalue weighted by atomic mass is 10.0. The molecule has 10 heteroatoms. The fourth-order valence-electron chi connectivity index (χ4n) is 2.83. The van der Waals surface area contributed by atoms with Gasteiger partial charge in [0.2, 0.25) is 0 Å². The molecule has 2 aromatic carbocycles. The van der Waals surface area contributed by atoms with Crippen molar-refractivity contribution in [3.8, 4) is 16.9 Å². The van der Waals surface area contributed by atoms with Gasteiger partial charge in [-0.15, -0.1) is 0 Å². The number of carbonyl (C=O) groups excluding carboxylic acids is 2. The first-order valence-corrected chi connectivity index (χ1v) is 8.41. The van der Waals surface area contributed by atoms with Crippen molar-refractivity contribution < 1.29 is 36.6 Å². The van der Waals surface area contributed by atoms with E-state index in [4.69, 9.17) is 4.74 Å². The summed E-state index contributed by atoms with van der Waals surface area (Å²) in [6.07, 6.45) is -4.76. The number of hydrogen-bond acceptors (Lipinski definition) is 5. The first kappa shape index (κ1) is 21.0. The molecule has 0 radical (unpaired) electrons. The molecule has 0 aliphatic rings. The topological polar surface area (TPSA) is 70.4 Å². The molecular weight excluding hydrogens is 408 g/mol. The van der Waals surface area contributed by atoms with Crippen LogP contribution in [0.1, 0.15) is 26.4 Å². The van der Waals surface area contributed by atoms with Crippen molar-refractivity contribution >= 4 is 11.9 Å². The number of para-hydroxylation sites is 1. The van der Waals surface area contributed by atoms with Crippen LogP contribution in [0.2, 0.25) is 0 Å². The summed E-state index contributed by atoms with van der Waals surface area (Å²) in [6, 6.07) is 9.66. The van der Waals surface area contributed by atoms with E-state index in [9.17, 15) is 27.2 Å². The molecule has 6 nitrogen and oxygen atoms in total. The Hall–Kier alpha value is -3.69. The Morgan fingerprint density at radius 2 is 1.60 bits per heavy atom. The number of hydrogen-bond donors (Lipinski definition) is 0. The average Bonchev–Trinajstić information content (AvgIpc) is 3.13. The molecule has 3 aromatic rings. The quantitative estimate of drug-likeness (QED) is 0.464. The molecule has 0 aliphatic heterocycles. The average molecular weight is 422 g/mol. The van der Waals surface area contributed by atoms with Crippen LogP contribution in [0.4, 0.5) is 17.6 Å². The SMILES string of the molecule is COC(=O)c1c(-c2cc(C(F)(F)F)ccc2F)nn(-c2ccccc2)c1C(=O)OC. The van der Waals surface area contributed by atoms with Gasteiger partial charge < -0.3 is 9.47 Å². The van der Waals surface area contributed by atoms with Crippen molar-refractivity contribution in [2.24, 2.45) is 0 Å². The Balaban J connectivity index is 2.40. The van der Waals surface area contributed by atoms with Crippen LogP contribution in [0.5, 0.6) is 0 Å². The minimum Gasteiger partial charge on any atom is -0.465 e. The third-order valence-electron chi connectivity index (χ3n) is 4.20. The van der Waals surface area contributed by atoms with E-state index < -0.39 is 52.0 Å². The van der Waals surface area contributed by atoms with Crippen molar-refractivity contribution in [3.63, 3.8) is 0 Å². The number of esters is 2. The number of ether oxygens (including phenoxy) is 2. The number of carbonyl (C=O) groups is 2. The summed E-state index contributed by atoms with van der Waals surface area (Å²) in [5, 5.41) is 4.08. The summed E-state index contributed by atoms with van der Waals surface area (Å²) in [7, 11) is 2.06. The van der Waals surface area contributed by atoms with Gasteiger partial charge in [0.15, 0.2) is 5.69 Å². The summed E-state index contributed by atoms with van der Waals surface area (Å²) < 4.78 is 64.4. The third-order valence-corrected chi connectivity index (χ3v) is 4.20. The predicted molar refractivity (Wildman–Crippen MR) is 96.6 cm³/mol. The van der Waals surface area contributed by atoms with Crippen LogP contribution in [0.15, 0.2) is 48.5 Å². The number of aromatic nitrogens is 2. The van der Waals surface area contributed by atoms with Gasteiger partial charge in [0.1, 0.15) is 17.1 Å². The minimum atomic E-state index is -4.76. The lowest BCUT2D eigenvalue weighted by Crippen LogP contribution is -2.15. The minimum absolute atomic E-state index is 0.293. The van der Waals surface area contributed by atoms with Gasteiger partial charge in [-0.1, -0.05) is 18.2 Å². The van der Waals surface area contributed by atoms with Crippen LogP contribution < -0.4 is 0 Å². The second kappa shape index (κ2) is 7.97. The highest BCUT2D eigenvalue weighted by Gasteiger charge is 2.35. The van der Waals surface area contributed by atoms with E-state index in [0.717, 1.165) is 18.9 Å². The first-order valence-electron chi connectivity index (χ1n) is 8.41. The summed E-state index contributed by atoms with van der Waals surface area (Å²) in [6.45, 7) is 0. The van der Waals surface area contributed by atoms with Gasteiger partial charge in [0, 0.05) is 5.56 Å². The molecular formula is C20H14F4N2O4. The number of alkyl halides is 3. The second-order valence-corrected chi connectivity index (χ2v) is 6.00. The molecule has 0 unspecified atom stereocenters. The molecule has 0 saturated heterocycles. The van der Waals surface area contributed by atoms with Gasteiger partial charge in [-0.05, 0) is 30.3 Å². The van der Waals surface area contributed by atoms with E-state index in [1.54, 1.807) is 18.2 Å². The van der Waals surface area contributed by atoms with E-state index in [1.165, 1.54) is 12.1 Å². The van der Waals surface area contributed by atoms with Gasteiger partial charge in [0.05, 0.1) is 25.5 Å². The normalized spacial score (nSPS) is 11.3. The van der Waals surface area contributed by atoms with E-state index in [1.807, 2.05) is 0 Å². The Bertz CT molecular complexity index is 1110. The summed E-state index contributed by atoms with van der Waals surface area (Å²) >= 11 is 0. The third kappa shape index (κ3) is 3.76. The van der Waals surface area contributed by atoms with Crippen molar-refractivity contribution in [1.29, 1.82) is 0 Å². The van der Waals surface area contributed by atoms with Gasteiger partial charge in [-0.3, -0.25) is 0 Å². The zero-order valence-corrected chi connectivity index (χ0v) is 15.7. The Labute approximate surface area is 167 Å². The number of methoxy groups -OCH3 is 2. The fraction of sp³-hybridized carbons (Fsp3) is 0.150. The van der Waals surface area contributed by atoms with E-state index in [-0.39, 0.29) is 0 Å². The van der Waals surface area contributed by atoms with E-state index in [2.05, 4.69) is 9.84 Å². The van der Waals surface area contributed by atoms with Gasteiger partial charge in [-0.25, -0.2) is 18.7 Å². The summed E-state index contributed by atoms with van der Waals surface area (Å²) in [4.78, 5) is 24.9. The molecule has 0 spiro atoms. The van der Waals surface area contributed by atoms with Crippen LogP contribution in [0.25, 0.3) is 16.9 Å². The zero-order valence-electron chi connectivity index (χ0n) is 15.7. The largest absolute Gasteiger partial charge is 0.465 e. The molecule has 0 bridgehead atoms.